The van der Waals surface area contributed by atoms with Crippen molar-refractivity contribution in [1.82, 2.24) is 4.98 Å². The largest absolute Gasteiger partial charge is 0.481 e. The van der Waals surface area contributed by atoms with Crippen molar-refractivity contribution in [3.8, 4) is 0 Å². The van der Waals surface area contributed by atoms with Crippen LogP contribution in [0.4, 0.5) is 0 Å². The lowest BCUT2D eigenvalue weighted by atomic mass is 10.1. The number of carbonyl (C=O) groups is 1. The van der Waals surface area contributed by atoms with Crippen molar-refractivity contribution in [2.24, 2.45) is 0 Å². The molecule has 0 bridgehead atoms. The number of fused-ring (bicyclic) bond motifs is 1. The number of halogens is 2. The third-order valence-corrected chi connectivity index (χ3v) is 2.69. The minimum Gasteiger partial charge on any atom is -0.481 e. The SMILES string of the molecule is O=C(O)Cc1nccc2cc(Cl)cc(Cl)c12. The van der Waals surface area contributed by atoms with Crippen molar-refractivity contribution in [3.05, 3.63) is 40.1 Å². The average Bonchev–Trinajstić information content (AvgIpc) is 2.15. The van der Waals surface area contributed by atoms with Gasteiger partial charge in [0, 0.05) is 16.6 Å². The van der Waals surface area contributed by atoms with Gasteiger partial charge in [-0.15, -0.1) is 0 Å². The molecule has 5 heteroatoms. The van der Waals surface area contributed by atoms with E-state index in [1.165, 1.54) is 0 Å². The second-order valence-electron chi connectivity index (χ2n) is 3.31. The van der Waals surface area contributed by atoms with Crippen molar-refractivity contribution >= 4 is 39.9 Å². The maximum atomic E-state index is 10.7. The first-order chi connectivity index (χ1) is 7.58. The lowest BCUT2D eigenvalue weighted by Crippen LogP contribution is -2.03. The Morgan fingerprint density at radius 3 is 2.81 bits per heavy atom. The highest BCUT2D eigenvalue weighted by molar-refractivity contribution is 6.38. The summed E-state index contributed by atoms with van der Waals surface area (Å²) in [4.78, 5) is 14.7. The van der Waals surface area contributed by atoms with Gasteiger partial charge in [0.15, 0.2) is 0 Å². The molecule has 82 valence electrons. The topological polar surface area (TPSA) is 50.2 Å². The second kappa shape index (κ2) is 4.28. The van der Waals surface area contributed by atoms with E-state index in [1.807, 2.05) is 0 Å². The summed E-state index contributed by atoms with van der Waals surface area (Å²) in [7, 11) is 0. The zero-order valence-electron chi connectivity index (χ0n) is 8.08. The number of hydrogen-bond donors (Lipinski definition) is 1. The summed E-state index contributed by atoms with van der Waals surface area (Å²) in [6, 6.07) is 5.06. The van der Waals surface area contributed by atoms with Crippen molar-refractivity contribution < 1.29 is 9.90 Å². The molecule has 2 aromatic rings. The van der Waals surface area contributed by atoms with Crippen molar-refractivity contribution in [2.75, 3.05) is 0 Å². The number of carboxylic acids is 1. The Hall–Kier alpha value is -1.32. The van der Waals surface area contributed by atoms with Gasteiger partial charge in [0.1, 0.15) is 0 Å². The fourth-order valence-electron chi connectivity index (χ4n) is 1.58. The van der Waals surface area contributed by atoms with Gasteiger partial charge in [0.05, 0.1) is 17.1 Å². The number of pyridine rings is 1. The Bertz CT molecular complexity index is 569. The number of rotatable bonds is 2. The van der Waals surface area contributed by atoms with Gasteiger partial charge in [0.2, 0.25) is 0 Å². The highest BCUT2D eigenvalue weighted by atomic mass is 35.5. The molecule has 0 radical (unpaired) electrons. The van der Waals surface area contributed by atoms with Gasteiger partial charge in [-0.2, -0.15) is 0 Å². The van der Waals surface area contributed by atoms with E-state index in [2.05, 4.69) is 4.98 Å². The maximum absolute atomic E-state index is 10.7. The van der Waals surface area contributed by atoms with Gasteiger partial charge < -0.3 is 5.11 Å². The van der Waals surface area contributed by atoms with Crippen LogP contribution in [-0.2, 0) is 11.2 Å². The van der Waals surface area contributed by atoms with Gasteiger partial charge >= 0.3 is 5.97 Å². The summed E-state index contributed by atoms with van der Waals surface area (Å²) in [6.45, 7) is 0. The van der Waals surface area contributed by atoms with E-state index in [9.17, 15) is 4.79 Å². The van der Waals surface area contributed by atoms with Crippen molar-refractivity contribution in [2.45, 2.75) is 6.42 Å². The predicted molar refractivity (Wildman–Crippen MR) is 63.1 cm³/mol. The van der Waals surface area contributed by atoms with Crippen LogP contribution in [0.3, 0.4) is 0 Å². The molecule has 0 fully saturated rings. The van der Waals surface area contributed by atoms with Crippen molar-refractivity contribution in [3.63, 3.8) is 0 Å². The fraction of sp³-hybridized carbons (Fsp3) is 0.0909. The summed E-state index contributed by atoms with van der Waals surface area (Å²) in [5.41, 5.74) is 0.451. The molecule has 16 heavy (non-hydrogen) atoms. The molecule has 0 aliphatic carbocycles. The molecule has 1 N–H and O–H groups in total. The van der Waals surface area contributed by atoms with E-state index in [0.29, 0.717) is 21.1 Å². The van der Waals surface area contributed by atoms with Crippen molar-refractivity contribution in [1.29, 1.82) is 0 Å². The van der Waals surface area contributed by atoms with E-state index < -0.39 is 5.97 Å². The Morgan fingerprint density at radius 2 is 2.12 bits per heavy atom. The molecule has 1 heterocycles. The van der Waals surface area contributed by atoms with Gasteiger partial charge in [-0.25, -0.2) is 0 Å². The minimum atomic E-state index is -0.939. The molecule has 2 rings (SSSR count). The molecule has 0 atom stereocenters. The van der Waals surface area contributed by atoms with Crippen LogP contribution < -0.4 is 0 Å². The summed E-state index contributed by atoms with van der Waals surface area (Å²) in [5.74, 6) is -0.939. The number of aromatic nitrogens is 1. The first-order valence-electron chi connectivity index (χ1n) is 4.52. The molecule has 1 aromatic carbocycles. The summed E-state index contributed by atoms with van der Waals surface area (Å²) in [6.07, 6.45) is 1.39. The van der Waals surface area contributed by atoms with Crippen LogP contribution in [0, 0.1) is 0 Å². The third kappa shape index (κ3) is 2.10. The maximum Gasteiger partial charge on any atom is 0.309 e. The lowest BCUT2D eigenvalue weighted by molar-refractivity contribution is -0.136. The first-order valence-corrected chi connectivity index (χ1v) is 5.28. The summed E-state index contributed by atoms with van der Waals surface area (Å²) in [5, 5.41) is 11.1. The molecule has 1 aromatic heterocycles. The zero-order valence-corrected chi connectivity index (χ0v) is 9.59. The quantitative estimate of drug-likeness (QED) is 0.897. The number of nitrogens with zero attached hydrogens (tertiary/aromatic N) is 1. The van der Waals surface area contributed by atoms with E-state index >= 15 is 0 Å². The number of hydrogen-bond acceptors (Lipinski definition) is 2. The zero-order chi connectivity index (χ0) is 11.7. The molecule has 0 spiro atoms. The van der Waals surface area contributed by atoms with Crippen LogP contribution >= 0.6 is 23.2 Å². The fourth-order valence-corrected chi connectivity index (χ4v) is 2.20. The normalized spacial score (nSPS) is 10.6. The van der Waals surface area contributed by atoms with Crippen LogP contribution in [0.25, 0.3) is 10.8 Å². The van der Waals surface area contributed by atoms with Crippen LogP contribution in [0.15, 0.2) is 24.4 Å². The van der Waals surface area contributed by atoms with Crippen LogP contribution in [0.1, 0.15) is 5.69 Å². The summed E-state index contributed by atoms with van der Waals surface area (Å²) < 4.78 is 0. The van der Waals surface area contributed by atoms with Gasteiger partial charge in [-0.3, -0.25) is 9.78 Å². The molecular weight excluding hydrogens is 249 g/mol. The standard InChI is InChI=1S/C11H7Cl2NO2/c12-7-3-6-1-2-14-9(5-10(15)16)11(6)8(13)4-7/h1-4H,5H2,(H,15,16). The number of aliphatic carboxylic acids is 1. The van der Waals surface area contributed by atoms with Gasteiger partial charge in [-0.05, 0) is 23.6 Å². The monoisotopic (exact) mass is 255 g/mol. The minimum absolute atomic E-state index is 0.154. The first kappa shape index (κ1) is 11.2. The predicted octanol–water partition coefficient (Wildman–Crippen LogP) is 3.17. The molecular formula is C11H7Cl2NO2. The lowest BCUT2D eigenvalue weighted by Gasteiger charge is -2.06. The Labute approximate surface area is 102 Å². The average molecular weight is 256 g/mol. The molecule has 0 amide bonds. The van der Waals surface area contributed by atoms with Gasteiger partial charge in [0.25, 0.3) is 0 Å². The van der Waals surface area contributed by atoms with E-state index in [0.717, 1.165) is 5.39 Å². The number of benzene rings is 1. The Kier molecular flexibility index (Phi) is 2.99. The molecule has 0 aliphatic rings. The highest BCUT2D eigenvalue weighted by Crippen LogP contribution is 2.29. The van der Waals surface area contributed by atoms with E-state index in [-0.39, 0.29) is 6.42 Å². The van der Waals surface area contributed by atoms with Crippen LogP contribution in [0.2, 0.25) is 10.0 Å². The number of carboxylic acid groups (broad SMARTS) is 1. The molecule has 0 aliphatic heterocycles. The molecule has 0 saturated carbocycles. The highest BCUT2D eigenvalue weighted by Gasteiger charge is 2.10. The Morgan fingerprint density at radius 1 is 1.38 bits per heavy atom. The Balaban J connectivity index is 2.71. The van der Waals surface area contributed by atoms with E-state index in [4.69, 9.17) is 28.3 Å². The van der Waals surface area contributed by atoms with Crippen LogP contribution in [-0.4, -0.2) is 16.1 Å². The summed E-state index contributed by atoms with van der Waals surface area (Å²) >= 11 is 11.9. The van der Waals surface area contributed by atoms with Crippen LogP contribution in [0.5, 0.6) is 0 Å². The molecule has 3 nitrogen and oxygen atoms in total. The second-order valence-corrected chi connectivity index (χ2v) is 4.16. The van der Waals surface area contributed by atoms with Gasteiger partial charge in [-0.1, -0.05) is 23.2 Å². The van der Waals surface area contributed by atoms with E-state index in [1.54, 1.807) is 24.4 Å². The smallest absolute Gasteiger partial charge is 0.309 e. The molecule has 0 unspecified atom stereocenters. The molecule has 0 saturated heterocycles. The third-order valence-electron chi connectivity index (χ3n) is 2.18.